The van der Waals surface area contributed by atoms with Crippen molar-refractivity contribution in [2.24, 2.45) is 0 Å². The lowest BCUT2D eigenvalue weighted by atomic mass is 9.77. The van der Waals surface area contributed by atoms with Gasteiger partial charge >= 0.3 is 0 Å². The fourth-order valence-electron chi connectivity index (χ4n) is 3.37. The SMILES string of the molecule is COc1cc2cc3c(c(OC)c2c(O)c1C)C(=O)[C@@H](O)[C@@](C)(O)C3. The first-order chi connectivity index (χ1) is 11.2. The molecule has 6 nitrogen and oxygen atoms in total. The number of aliphatic hydroxyl groups excluding tert-OH is 1. The molecule has 0 bridgehead atoms. The molecule has 3 N–H and O–H groups in total. The molecule has 0 amide bonds. The van der Waals surface area contributed by atoms with Gasteiger partial charge < -0.3 is 24.8 Å². The normalized spacial score (nSPS) is 23.2. The Morgan fingerprint density at radius 3 is 2.50 bits per heavy atom. The van der Waals surface area contributed by atoms with E-state index in [1.807, 2.05) is 0 Å². The lowest BCUT2D eigenvalue weighted by molar-refractivity contribution is -0.0489. The average Bonchev–Trinajstić information content (AvgIpc) is 2.54. The molecule has 0 heterocycles. The molecule has 6 heteroatoms. The molecule has 128 valence electrons. The van der Waals surface area contributed by atoms with Crippen LogP contribution in [0.25, 0.3) is 10.8 Å². The Bertz CT molecular complexity index is 853. The average molecular weight is 332 g/mol. The summed E-state index contributed by atoms with van der Waals surface area (Å²) in [5.41, 5.74) is -0.271. The van der Waals surface area contributed by atoms with Gasteiger partial charge in [-0.2, -0.15) is 0 Å². The smallest absolute Gasteiger partial charge is 0.198 e. The Morgan fingerprint density at radius 2 is 1.92 bits per heavy atom. The number of Topliss-reactive ketones (excluding diaryl/α,β-unsaturated/α-hetero) is 1. The summed E-state index contributed by atoms with van der Waals surface area (Å²) in [5, 5.41) is 32.0. The van der Waals surface area contributed by atoms with Gasteiger partial charge in [-0.05, 0) is 36.9 Å². The molecule has 2 aromatic rings. The fourth-order valence-corrected chi connectivity index (χ4v) is 3.37. The molecule has 0 unspecified atom stereocenters. The minimum atomic E-state index is -1.56. The molecular weight excluding hydrogens is 312 g/mol. The van der Waals surface area contributed by atoms with E-state index in [1.54, 1.807) is 19.1 Å². The molecule has 24 heavy (non-hydrogen) atoms. The molecular formula is C18H20O6. The molecule has 1 aliphatic rings. The summed E-state index contributed by atoms with van der Waals surface area (Å²) in [6.45, 7) is 3.12. The van der Waals surface area contributed by atoms with Crippen molar-refractivity contribution in [1.29, 1.82) is 0 Å². The largest absolute Gasteiger partial charge is 0.507 e. The third-order valence-corrected chi connectivity index (χ3v) is 4.70. The van der Waals surface area contributed by atoms with Gasteiger partial charge in [0.2, 0.25) is 0 Å². The number of aliphatic hydroxyl groups is 2. The summed E-state index contributed by atoms with van der Waals surface area (Å²) in [5.74, 6) is 0.0535. The number of carbonyl (C=O) groups excluding carboxylic acids is 1. The Balaban J connectivity index is 2.43. The van der Waals surface area contributed by atoms with E-state index in [2.05, 4.69) is 0 Å². The van der Waals surface area contributed by atoms with E-state index in [-0.39, 0.29) is 23.5 Å². The first-order valence-corrected chi connectivity index (χ1v) is 7.57. The zero-order valence-electron chi connectivity index (χ0n) is 14.0. The number of phenols is 1. The Hall–Kier alpha value is -2.31. The van der Waals surface area contributed by atoms with Crippen molar-refractivity contribution < 1.29 is 29.6 Å². The number of benzene rings is 2. The highest BCUT2D eigenvalue weighted by molar-refractivity contribution is 6.11. The van der Waals surface area contributed by atoms with Crippen LogP contribution in [-0.4, -0.2) is 47.0 Å². The van der Waals surface area contributed by atoms with E-state index in [1.165, 1.54) is 21.1 Å². The van der Waals surface area contributed by atoms with Crippen LogP contribution in [0.1, 0.15) is 28.4 Å². The zero-order valence-corrected chi connectivity index (χ0v) is 14.0. The summed E-state index contributed by atoms with van der Waals surface area (Å²) >= 11 is 0. The zero-order chi connectivity index (χ0) is 17.8. The van der Waals surface area contributed by atoms with Gasteiger partial charge in [0.15, 0.2) is 5.78 Å². The molecule has 0 spiro atoms. The van der Waals surface area contributed by atoms with Gasteiger partial charge in [0.1, 0.15) is 23.4 Å². The van der Waals surface area contributed by atoms with Gasteiger partial charge in [-0.1, -0.05) is 0 Å². The summed E-state index contributed by atoms with van der Waals surface area (Å²) in [6.07, 6.45) is -1.45. The molecule has 1 aliphatic carbocycles. The van der Waals surface area contributed by atoms with Crippen LogP contribution in [0.3, 0.4) is 0 Å². The third kappa shape index (κ3) is 2.14. The highest BCUT2D eigenvalue weighted by Crippen LogP contribution is 2.46. The topological polar surface area (TPSA) is 96.2 Å². The number of carbonyl (C=O) groups is 1. The van der Waals surface area contributed by atoms with Crippen LogP contribution < -0.4 is 9.47 Å². The molecule has 0 fully saturated rings. The van der Waals surface area contributed by atoms with E-state index < -0.39 is 17.5 Å². The number of ether oxygens (including phenoxy) is 2. The second-order valence-electron chi connectivity index (χ2n) is 6.40. The minimum Gasteiger partial charge on any atom is -0.507 e. The highest BCUT2D eigenvalue weighted by atomic mass is 16.5. The summed E-state index contributed by atoms with van der Waals surface area (Å²) < 4.78 is 10.7. The van der Waals surface area contributed by atoms with Crippen molar-refractivity contribution in [3.8, 4) is 17.2 Å². The van der Waals surface area contributed by atoms with Crippen molar-refractivity contribution in [1.82, 2.24) is 0 Å². The first-order valence-electron chi connectivity index (χ1n) is 7.57. The molecule has 0 aliphatic heterocycles. The number of fused-ring (bicyclic) bond motifs is 2. The van der Waals surface area contributed by atoms with Crippen molar-refractivity contribution in [2.45, 2.75) is 32.0 Å². The van der Waals surface area contributed by atoms with Crippen LogP contribution in [0.15, 0.2) is 12.1 Å². The van der Waals surface area contributed by atoms with Gasteiger partial charge in [0.25, 0.3) is 0 Å². The first kappa shape index (κ1) is 16.5. The van der Waals surface area contributed by atoms with Gasteiger partial charge in [-0.3, -0.25) is 4.79 Å². The maximum absolute atomic E-state index is 12.6. The standard InChI is InChI=1S/C18H20O6/c1-8-11(23-3)6-9-5-10-7-18(2,22)17(21)15(20)13(10)16(24-4)12(9)14(8)19/h5-6,17,19,21-22H,7H2,1-4H3/t17-,18+/m1/s1. The third-order valence-electron chi connectivity index (χ3n) is 4.70. The van der Waals surface area contributed by atoms with Gasteiger partial charge in [-0.25, -0.2) is 0 Å². The Labute approximate surface area is 139 Å². The van der Waals surface area contributed by atoms with Crippen LogP contribution >= 0.6 is 0 Å². The monoisotopic (exact) mass is 332 g/mol. The van der Waals surface area contributed by atoms with Crippen molar-refractivity contribution in [3.05, 3.63) is 28.8 Å². The second kappa shape index (κ2) is 5.36. The predicted molar refractivity (Wildman–Crippen MR) is 88.1 cm³/mol. The maximum Gasteiger partial charge on any atom is 0.198 e. The Morgan fingerprint density at radius 1 is 1.25 bits per heavy atom. The highest BCUT2D eigenvalue weighted by Gasteiger charge is 2.44. The van der Waals surface area contributed by atoms with E-state index >= 15 is 0 Å². The molecule has 0 saturated heterocycles. The molecule has 2 aromatic carbocycles. The maximum atomic E-state index is 12.6. The van der Waals surface area contributed by atoms with Crippen LogP contribution in [0.4, 0.5) is 0 Å². The van der Waals surface area contributed by atoms with E-state index in [9.17, 15) is 20.1 Å². The number of aromatic hydroxyl groups is 1. The molecule has 2 atom stereocenters. The number of hydrogen-bond acceptors (Lipinski definition) is 6. The predicted octanol–water partition coefficient (Wildman–Crippen LogP) is 1.72. The minimum absolute atomic E-state index is 0.0383. The lowest BCUT2D eigenvalue weighted by Gasteiger charge is -2.34. The summed E-state index contributed by atoms with van der Waals surface area (Å²) in [7, 11) is 2.91. The molecule has 0 saturated carbocycles. The summed E-state index contributed by atoms with van der Waals surface area (Å²) in [4.78, 5) is 12.6. The van der Waals surface area contributed by atoms with E-state index in [4.69, 9.17) is 9.47 Å². The number of rotatable bonds is 2. The number of ketones is 1. The lowest BCUT2D eigenvalue weighted by Crippen LogP contribution is -2.50. The van der Waals surface area contributed by atoms with E-state index in [0.717, 1.165) is 0 Å². The number of hydrogen-bond donors (Lipinski definition) is 3. The van der Waals surface area contributed by atoms with Gasteiger partial charge in [0.05, 0.1) is 30.8 Å². The van der Waals surface area contributed by atoms with E-state index in [0.29, 0.717) is 27.6 Å². The van der Waals surface area contributed by atoms with Crippen LogP contribution in [0.5, 0.6) is 17.2 Å². The molecule has 3 rings (SSSR count). The van der Waals surface area contributed by atoms with Crippen molar-refractivity contribution in [2.75, 3.05) is 14.2 Å². The molecule has 0 aromatic heterocycles. The fraction of sp³-hybridized carbons (Fsp3) is 0.389. The summed E-state index contributed by atoms with van der Waals surface area (Å²) in [6, 6.07) is 3.46. The van der Waals surface area contributed by atoms with Gasteiger partial charge in [0, 0.05) is 12.0 Å². The van der Waals surface area contributed by atoms with Crippen molar-refractivity contribution >= 4 is 16.6 Å². The van der Waals surface area contributed by atoms with Crippen LogP contribution in [0, 0.1) is 6.92 Å². The second-order valence-corrected chi connectivity index (χ2v) is 6.40. The number of methoxy groups -OCH3 is 2. The van der Waals surface area contributed by atoms with Crippen LogP contribution in [0.2, 0.25) is 0 Å². The molecule has 0 radical (unpaired) electrons. The Kier molecular flexibility index (Phi) is 3.69. The van der Waals surface area contributed by atoms with Gasteiger partial charge in [-0.15, -0.1) is 0 Å². The number of phenolic OH excluding ortho intramolecular Hbond substituents is 1. The van der Waals surface area contributed by atoms with Crippen LogP contribution in [-0.2, 0) is 6.42 Å². The quantitative estimate of drug-likeness (QED) is 0.775. The van der Waals surface area contributed by atoms with Crippen molar-refractivity contribution in [3.63, 3.8) is 0 Å².